The summed E-state index contributed by atoms with van der Waals surface area (Å²) in [5.41, 5.74) is 10.1. The predicted octanol–water partition coefficient (Wildman–Crippen LogP) is 5.70. The van der Waals surface area contributed by atoms with E-state index in [4.69, 9.17) is 5.73 Å². The largest absolute Gasteiger partial charge is 0.366 e. The van der Waals surface area contributed by atoms with Gasteiger partial charge in [-0.2, -0.15) is 0 Å². The van der Waals surface area contributed by atoms with Crippen molar-refractivity contribution in [3.63, 3.8) is 0 Å². The number of carbonyl (C=O) groups excluding carboxylic acids is 1. The zero-order valence-electron chi connectivity index (χ0n) is 16.7. The third kappa shape index (κ3) is 3.31. The van der Waals surface area contributed by atoms with Crippen molar-refractivity contribution < 1.29 is 4.79 Å². The summed E-state index contributed by atoms with van der Waals surface area (Å²) in [7, 11) is 0. The Morgan fingerprint density at radius 3 is 2.44 bits per heavy atom. The smallest absolute Gasteiger partial charge is 0.248 e. The van der Waals surface area contributed by atoms with Crippen LogP contribution in [0.25, 0.3) is 11.1 Å². The maximum Gasteiger partial charge on any atom is 0.248 e. The van der Waals surface area contributed by atoms with Gasteiger partial charge in [0.05, 0.1) is 0 Å². The second-order valence-corrected chi connectivity index (χ2v) is 9.40. The van der Waals surface area contributed by atoms with Crippen LogP contribution in [0.2, 0.25) is 0 Å². The minimum absolute atomic E-state index is 0.378. The molecule has 2 aromatic carbocycles. The van der Waals surface area contributed by atoms with Crippen molar-refractivity contribution in [1.29, 1.82) is 0 Å². The Kier molecular flexibility index (Phi) is 4.61. The van der Waals surface area contributed by atoms with E-state index in [0.717, 1.165) is 41.2 Å². The van der Waals surface area contributed by atoms with E-state index in [1.165, 1.54) is 24.8 Å². The molecule has 1 amide bonds. The number of rotatable bonds is 5. The highest BCUT2D eigenvalue weighted by atomic mass is 16.1. The summed E-state index contributed by atoms with van der Waals surface area (Å²) in [5, 5.41) is 0. The van der Waals surface area contributed by atoms with Gasteiger partial charge in [-0.15, -0.1) is 0 Å². The highest BCUT2D eigenvalue weighted by Gasteiger charge is 2.55. The molecule has 2 N–H and O–H groups in total. The fourth-order valence-corrected chi connectivity index (χ4v) is 5.71. The van der Waals surface area contributed by atoms with Gasteiger partial charge in [0.1, 0.15) is 0 Å². The molecular weight excluding hydrogens is 330 g/mol. The molecule has 0 aliphatic heterocycles. The molecule has 2 bridgehead atoms. The van der Waals surface area contributed by atoms with E-state index < -0.39 is 0 Å². The van der Waals surface area contributed by atoms with E-state index in [2.05, 4.69) is 45.0 Å². The van der Waals surface area contributed by atoms with Crippen LogP contribution in [0.4, 0.5) is 0 Å². The molecule has 142 valence electrons. The van der Waals surface area contributed by atoms with Gasteiger partial charge in [-0.1, -0.05) is 57.2 Å². The monoisotopic (exact) mass is 361 g/mol. The summed E-state index contributed by atoms with van der Waals surface area (Å²) in [6.07, 6.45) is 5.35. The van der Waals surface area contributed by atoms with Gasteiger partial charge in [-0.05, 0) is 83.6 Å². The van der Waals surface area contributed by atoms with Gasteiger partial charge in [0.25, 0.3) is 0 Å². The van der Waals surface area contributed by atoms with Gasteiger partial charge in [-0.3, -0.25) is 4.79 Å². The number of primary amides is 1. The molecule has 27 heavy (non-hydrogen) atoms. The van der Waals surface area contributed by atoms with E-state index in [0.29, 0.717) is 11.0 Å². The number of hydrogen-bond acceptors (Lipinski definition) is 1. The molecule has 2 aromatic rings. The topological polar surface area (TPSA) is 43.1 Å². The van der Waals surface area contributed by atoms with Gasteiger partial charge in [0.2, 0.25) is 5.91 Å². The molecule has 0 heterocycles. The van der Waals surface area contributed by atoms with Gasteiger partial charge >= 0.3 is 0 Å². The molecule has 0 radical (unpaired) electrons. The van der Waals surface area contributed by atoms with Gasteiger partial charge in [0, 0.05) is 5.56 Å². The molecule has 3 aliphatic rings. The van der Waals surface area contributed by atoms with Crippen LogP contribution < -0.4 is 5.73 Å². The van der Waals surface area contributed by atoms with Crippen LogP contribution in [0.3, 0.4) is 0 Å². The Morgan fingerprint density at radius 1 is 1.07 bits per heavy atom. The number of benzene rings is 2. The summed E-state index contributed by atoms with van der Waals surface area (Å²) in [5.74, 6) is 3.25. The van der Waals surface area contributed by atoms with Crippen LogP contribution in [-0.2, 0) is 6.42 Å². The quantitative estimate of drug-likeness (QED) is 0.729. The number of fused-ring (bicyclic) bond motifs is 2. The number of carbonyl (C=O) groups is 1. The molecule has 0 spiro atoms. The first-order chi connectivity index (χ1) is 12.9. The van der Waals surface area contributed by atoms with Crippen molar-refractivity contribution in [2.24, 2.45) is 34.8 Å². The van der Waals surface area contributed by atoms with Crippen LogP contribution in [0.1, 0.15) is 56.0 Å². The van der Waals surface area contributed by atoms with Crippen LogP contribution in [0.5, 0.6) is 0 Å². The summed E-state index contributed by atoms with van der Waals surface area (Å²) in [6, 6.07) is 16.4. The fraction of sp³-hybridized carbons (Fsp3) is 0.480. The minimum Gasteiger partial charge on any atom is -0.366 e. The fourth-order valence-electron chi connectivity index (χ4n) is 5.71. The van der Waals surface area contributed by atoms with E-state index >= 15 is 0 Å². The zero-order chi connectivity index (χ0) is 19.2. The standard InChI is InChI=1S/C25H31NO/c1-16-19(14-22-15-23(16)25(22,2)3)12-9-17-7-10-18(11-8-17)20-5-4-6-21(13-20)24(26)27/h4-8,10-11,13,16,19,22-23H,9,12,14-15H2,1-3H3,(H2,26,27)/t16-,19?,22+,23+/m0/s1. The first kappa shape index (κ1) is 18.3. The van der Waals surface area contributed by atoms with Crippen molar-refractivity contribution in [3.05, 3.63) is 59.7 Å². The molecule has 3 aliphatic carbocycles. The maximum absolute atomic E-state index is 11.4. The second-order valence-electron chi connectivity index (χ2n) is 9.40. The molecule has 5 rings (SSSR count). The van der Waals surface area contributed by atoms with E-state index in [1.54, 1.807) is 6.07 Å². The molecule has 3 fully saturated rings. The van der Waals surface area contributed by atoms with Crippen molar-refractivity contribution in [1.82, 2.24) is 0 Å². The number of amides is 1. The van der Waals surface area contributed by atoms with Crippen LogP contribution in [0.15, 0.2) is 48.5 Å². The first-order valence-corrected chi connectivity index (χ1v) is 10.4. The van der Waals surface area contributed by atoms with Gasteiger partial charge < -0.3 is 5.73 Å². The van der Waals surface area contributed by atoms with E-state index in [-0.39, 0.29) is 5.91 Å². The molecule has 2 heteroatoms. The Labute approximate surface area is 163 Å². The molecule has 0 aromatic heterocycles. The Bertz CT molecular complexity index is 836. The second kappa shape index (κ2) is 6.82. The number of nitrogens with two attached hydrogens (primary N) is 1. The normalized spacial score (nSPS) is 28.4. The lowest BCUT2D eigenvalue weighted by atomic mass is 9.43. The first-order valence-electron chi connectivity index (χ1n) is 10.4. The number of aryl methyl sites for hydroxylation is 1. The molecule has 4 atom stereocenters. The zero-order valence-corrected chi connectivity index (χ0v) is 16.7. The average Bonchev–Trinajstić information content (AvgIpc) is 2.67. The lowest BCUT2D eigenvalue weighted by molar-refractivity contribution is -0.129. The minimum atomic E-state index is -0.378. The van der Waals surface area contributed by atoms with Crippen molar-refractivity contribution in [3.8, 4) is 11.1 Å². The molecule has 3 saturated carbocycles. The highest BCUT2D eigenvalue weighted by molar-refractivity contribution is 5.94. The summed E-state index contributed by atoms with van der Waals surface area (Å²) in [6.45, 7) is 7.44. The lowest BCUT2D eigenvalue weighted by Crippen LogP contribution is -2.54. The Balaban J connectivity index is 1.39. The maximum atomic E-state index is 11.4. The Morgan fingerprint density at radius 2 is 1.81 bits per heavy atom. The SMILES string of the molecule is C[C@H]1C(CCc2ccc(-c3cccc(C(N)=O)c3)cc2)C[C@@H]2C[C@H]1C2(C)C. The molecule has 2 nitrogen and oxygen atoms in total. The van der Waals surface area contributed by atoms with Crippen LogP contribution in [0, 0.1) is 29.1 Å². The van der Waals surface area contributed by atoms with E-state index in [9.17, 15) is 4.79 Å². The van der Waals surface area contributed by atoms with Crippen molar-refractivity contribution in [2.45, 2.75) is 46.5 Å². The third-order valence-corrected chi connectivity index (χ3v) is 7.75. The number of hydrogen-bond donors (Lipinski definition) is 1. The Hall–Kier alpha value is -2.09. The molecular formula is C25H31NO. The van der Waals surface area contributed by atoms with Crippen molar-refractivity contribution in [2.75, 3.05) is 0 Å². The van der Waals surface area contributed by atoms with Gasteiger partial charge in [-0.25, -0.2) is 0 Å². The molecule has 0 saturated heterocycles. The summed E-state index contributed by atoms with van der Waals surface area (Å²) < 4.78 is 0. The van der Waals surface area contributed by atoms with Crippen LogP contribution >= 0.6 is 0 Å². The lowest BCUT2D eigenvalue weighted by Gasteiger charge is -2.62. The van der Waals surface area contributed by atoms with Crippen LogP contribution in [-0.4, -0.2) is 5.91 Å². The summed E-state index contributed by atoms with van der Waals surface area (Å²) in [4.78, 5) is 11.4. The third-order valence-electron chi connectivity index (χ3n) is 7.75. The van der Waals surface area contributed by atoms with Gasteiger partial charge in [0.15, 0.2) is 0 Å². The van der Waals surface area contributed by atoms with E-state index in [1.807, 2.05) is 18.2 Å². The van der Waals surface area contributed by atoms with Crippen molar-refractivity contribution >= 4 is 5.91 Å². The molecule has 1 unspecified atom stereocenters. The predicted molar refractivity (Wildman–Crippen MR) is 111 cm³/mol. The highest BCUT2D eigenvalue weighted by Crippen LogP contribution is 2.63. The average molecular weight is 362 g/mol. The summed E-state index contributed by atoms with van der Waals surface area (Å²) >= 11 is 0.